The SMILES string of the molecule is CCc1c(OC)cccc1[C@H]1SCC(=S)Nc2ccc(Cl)cc21. The van der Waals surface area contributed by atoms with Gasteiger partial charge >= 0.3 is 0 Å². The van der Waals surface area contributed by atoms with E-state index < -0.39 is 0 Å². The third-order valence-electron chi connectivity index (χ3n) is 3.98. The topological polar surface area (TPSA) is 21.3 Å². The molecule has 1 aliphatic rings. The summed E-state index contributed by atoms with van der Waals surface area (Å²) in [7, 11) is 1.72. The van der Waals surface area contributed by atoms with E-state index in [4.69, 9.17) is 28.6 Å². The lowest BCUT2D eigenvalue weighted by molar-refractivity contribution is 0.409. The Balaban J connectivity index is 2.17. The van der Waals surface area contributed by atoms with Crippen LogP contribution >= 0.6 is 35.6 Å². The molecule has 23 heavy (non-hydrogen) atoms. The fourth-order valence-electron chi connectivity index (χ4n) is 2.95. The lowest BCUT2D eigenvalue weighted by atomic mass is 9.96. The van der Waals surface area contributed by atoms with E-state index in [0.717, 1.165) is 33.6 Å². The molecule has 0 unspecified atom stereocenters. The van der Waals surface area contributed by atoms with E-state index >= 15 is 0 Å². The van der Waals surface area contributed by atoms with Crippen molar-refractivity contribution >= 4 is 46.3 Å². The molecule has 2 aromatic carbocycles. The van der Waals surface area contributed by atoms with Crippen molar-refractivity contribution in [2.24, 2.45) is 0 Å². The minimum absolute atomic E-state index is 0.182. The van der Waals surface area contributed by atoms with Crippen molar-refractivity contribution in [2.75, 3.05) is 18.2 Å². The van der Waals surface area contributed by atoms with Crippen LogP contribution in [0.1, 0.15) is 28.9 Å². The quantitative estimate of drug-likeness (QED) is 0.728. The minimum Gasteiger partial charge on any atom is -0.496 e. The van der Waals surface area contributed by atoms with Gasteiger partial charge in [-0.3, -0.25) is 0 Å². The van der Waals surface area contributed by atoms with Gasteiger partial charge in [0, 0.05) is 16.5 Å². The summed E-state index contributed by atoms with van der Waals surface area (Å²) < 4.78 is 5.56. The summed E-state index contributed by atoms with van der Waals surface area (Å²) in [5.74, 6) is 1.72. The van der Waals surface area contributed by atoms with Crippen LogP contribution < -0.4 is 10.1 Å². The van der Waals surface area contributed by atoms with E-state index in [9.17, 15) is 0 Å². The summed E-state index contributed by atoms with van der Waals surface area (Å²) >= 11 is 13.5. The molecule has 0 bridgehead atoms. The van der Waals surface area contributed by atoms with Crippen molar-refractivity contribution in [3.05, 3.63) is 58.1 Å². The normalized spacial score (nSPS) is 17.2. The summed E-state index contributed by atoms with van der Waals surface area (Å²) in [6, 6.07) is 12.2. The van der Waals surface area contributed by atoms with Crippen LogP contribution in [-0.2, 0) is 6.42 Å². The maximum absolute atomic E-state index is 6.26. The fourth-order valence-corrected chi connectivity index (χ4v) is 4.61. The summed E-state index contributed by atoms with van der Waals surface area (Å²) in [6.07, 6.45) is 0.921. The molecular formula is C18H18ClNOS2. The second-order valence-electron chi connectivity index (χ2n) is 5.35. The number of benzene rings is 2. The molecule has 0 aliphatic carbocycles. The van der Waals surface area contributed by atoms with Crippen LogP contribution in [0.15, 0.2) is 36.4 Å². The number of fused-ring (bicyclic) bond motifs is 1. The molecule has 1 N–H and O–H groups in total. The predicted molar refractivity (Wildman–Crippen MR) is 104 cm³/mol. The van der Waals surface area contributed by atoms with E-state index in [1.807, 2.05) is 36.0 Å². The van der Waals surface area contributed by atoms with Gasteiger partial charge < -0.3 is 10.1 Å². The van der Waals surface area contributed by atoms with E-state index in [0.29, 0.717) is 0 Å². The molecule has 120 valence electrons. The first-order chi connectivity index (χ1) is 11.1. The van der Waals surface area contributed by atoms with Gasteiger partial charge in [-0.25, -0.2) is 0 Å². The standard InChI is InChI=1S/C18H18ClNOS2/c1-3-12-13(5-4-6-16(12)21-2)18-14-9-11(19)7-8-15(14)20-17(22)10-23-18/h4-9,18H,3,10H2,1-2H3,(H,20,22)/t18-/m1/s1. The van der Waals surface area contributed by atoms with E-state index in [-0.39, 0.29) is 5.25 Å². The molecule has 5 heteroatoms. The Hall–Kier alpha value is -1.23. The molecule has 0 amide bonds. The Morgan fingerprint density at radius 2 is 2.13 bits per heavy atom. The van der Waals surface area contributed by atoms with Gasteiger partial charge in [-0.1, -0.05) is 42.9 Å². The van der Waals surface area contributed by atoms with Gasteiger partial charge in [0.15, 0.2) is 0 Å². The molecule has 0 spiro atoms. The highest BCUT2D eigenvalue weighted by atomic mass is 35.5. The maximum Gasteiger partial charge on any atom is 0.122 e. The maximum atomic E-state index is 6.26. The number of methoxy groups -OCH3 is 1. The van der Waals surface area contributed by atoms with Gasteiger partial charge in [-0.05, 0) is 47.4 Å². The Morgan fingerprint density at radius 3 is 2.87 bits per heavy atom. The second kappa shape index (κ2) is 7.12. The highest BCUT2D eigenvalue weighted by Gasteiger charge is 2.25. The van der Waals surface area contributed by atoms with Gasteiger partial charge in [0.25, 0.3) is 0 Å². The van der Waals surface area contributed by atoms with E-state index in [1.165, 1.54) is 16.7 Å². The molecule has 0 aromatic heterocycles. The number of hydrogen-bond acceptors (Lipinski definition) is 3. The summed E-state index contributed by atoms with van der Waals surface area (Å²) in [5, 5.41) is 4.26. The van der Waals surface area contributed by atoms with Crippen molar-refractivity contribution in [2.45, 2.75) is 18.6 Å². The number of rotatable bonds is 3. The average molecular weight is 364 g/mol. The van der Waals surface area contributed by atoms with Crippen LogP contribution in [0.25, 0.3) is 0 Å². The Morgan fingerprint density at radius 1 is 1.30 bits per heavy atom. The number of anilines is 1. The third-order valence-corrected chi connectivity index (χ3v) is 5.94. The van der Waals surface area contributed by atoms with Crippen LogP contribution in [0.2, 0.25) is 5.02 Å². The fraction of sp³-hybridized carbons (Fsp3) is 0.278. The highest BCUT2D eigenvalue weighted by Crippen LogP contribution is 2.45. The predicted octanol–water partition coefficient (Wildman–Crippen LogP) is 5.49. The molecule has 2 aromatic rings. The van der Waals surface area contributed by atoms with Gasteiger partial charge in [0.2, 0.25) is 0 Å². The van der Waals surface area contributed by atoms with Crippen molar-refractivity contribution < 1.29 is 4.74 Å². The van der Waals surface area contributed by atoms with Crippen molar-refractivity contribution in [3.8, 4) is 5.75 Å². The molecule has 1 atom stereocenters. The molecular weight excluding hydrogens is 346 g/mol. The molecule has 3 rings (SSSR count). The zero-order valence-electron chi connectivity index (χ0n) is 13.1. The Kier molecular flexibility index (Phi) is 5.14. The second-order valence-corrected chi connectivity index (χ2v) is 7.38. The Labute approximate surface area is 151 Å². The number of thioether (sulfide) groups is 1. The third kappa shape index (κ3) is 3.35. The number of halogens is 1. The van der Waals surface area contributed by atoms with Crippen molar-refractivity contribution in [3.63, 3.8) is 0 Å². The van der Waals surface area contributed by atoms with Crippen LogP contribution in [0.4, 0.5) is 5.69 Å². The smallest absolute Gasteiger partial charge is 0.122 e. The van der Waals surface area contributed by atoms with Crippen LogP contribution in [0.3, 0.4) is 0 Å². The zero-order valence-corrected chi connectivity index (χ0v) is 15.4. The van der Waals surface area contributed by atoms with Crippen LogP contribution in [0.5, 0.6) is 5.75 Å². The molecule has 2 nitrogen and oxygen atoms in total. The molecule has 0 fully saturated rings. The molecule has 0 radical (unpaired) electrons. The van der Waals surface area contributed by atoms with Crippen molar-refractivity contribution in [1.29, 1.82) is 0 Å². The molecule has 0 saturated heterocycles. The first-order valence-corrected chi connectivity index (χ1v) is 9.34. The van der Waals surface area contributed by atoms with Crippen molar-refractivity contribution in [1.82, 2.24) is 0 Å². The minimum atomic E-state index is 0.182. The van der Waals surface area contributed by atoms with Gasteiger partial charge in [-0.15, -0.1) is 11.8 Å². The number of ether oxygens (including phenoxy) is 1. The largest absolute Gasteiger partial charge is 0.496 e. The first-order valence-electron chi connectivity index (χ1n) is 7.50. The Bertz CT molecular complexity index is 748. The number of hydrogen-bond donors (Lipinski definition) is 1. The molecule has 1 aliphatic heterocycles. The monoisotopic (exact) mass is 363 g/mol. The van der Waals surface area contributed by atoms with E-state index in [2.05, 4.69) is 24.4 Å². The van der Waals surface area contributed by atoms with Gasteiger partial charge in [-0.2, -0.15) is 0 Å². The lowest BCUT2D eigenvalue weighted by Gasteiger charge is -2.21. The van der Waals surface area contributed by atoms with Crippen LogP contribution in [-0.4, -0.2) is 17.9 Å². The number of nitrogens with one attached hydrogen (secondary N) is 1. The lowest BCUT2D eigenvalue weighted by Crippen LogP contribution is -2.09. The molecule has 1 heterocycles. The average Bonchev–Trinajstić information content (AvgIpc) is 2.72. The highest BCUT2D eigenvalue weighted by molar-refractivity contribution is 8.01. The van der Waals surface area contributed by atoms with E-state index in [1.54, 1.807) is 7.11 Å². The van der Waals surface area contributed by atoms with Crippen LogP contribution in [0, 0.1) is 0 Å². The van der Waals surface area contributed by atoms with Gasteiger partial charge in [0.05, 0.1) is 17.3 Å². The van der Waals surface area contributed by atoms with Gasteiger partial charge in [0.1, 0.15) is 5.75 Å². The first kappa shape index (κ1) is 16.6. The zero-order chi connectivity index (χ0) is 16.4. The summed E-state index contributed by atoms with van der Waals surface area (Å²) in [4.78, 5) is 0.849. The summed E-state index contributed by atoms with van der Waals surface area (Å²) in [5.41, 5.74) is 4.72. The molecule has 0 saturated carbocycles. The number of thiocarbonyl (C=S) groups is 1. The summed E-state index contributed by atoms with van der Waals surface area (Å²) in [6.45, 7) is 2.16.